The lowest BCUT2D eigenvalue weighted by Crippen LogP contribution is -2.47. The lowest BCUT2D eigenvalue weighted by molar-refractivity contribution is 0.0986. The van der Waals surface area contributed by atoms with Crippen LogP contribution >= 0.6 is 0 Å². The summed E-state index contributed by atoms with van der Waals surface area (Å²) in [6, 6.07) is 19.0. The summed E-state index contributed by atoms with van der Waals surface area (Å²) in [6.45, 7) is 0.265. The van der Waals surface area contributed by atoms with Gasteiger partial charge in [-0.25, -0.2) is 13.2 Å². The highest BCUT2D eigenvalue weighted by molar-refractivity contribution is 7.92. The van der Waals surface area contributed by atoms with Crippen molar-refractivity contribution >= 4 is 27.5 Å². The monoisotopic (exact) mass is 463 g/mol. The maximum Gasteiger partial charge on any atom is 0.316 e. The summed E-state index contributed by atoms with van der Waals surface area (Å²) in [6.07, 6.45) is 0.473. The number of carbonyl (C=O) groups is 2. The number of anilines is 1. The molecule has 1 unspecified atom stereocenters. The Labute approximate surface area is 190 Å². The average molecular weight is 464 g/mol. The maximum absolute atomic E-state index is 13.8. The predicted octanol–water partition coefficient (Wildman–Crippen LogP) is 2.53. The largest absolute Gasteiger partial charge is 0.507 e. The third kappa shape index (κ3) is 3.23. The number of nitrogens with zero attached hydrogens (tertiary/aromatic N) is 1. The molecule has 0 radical (unpaired) electrons. The van der Waals surface area contributed by atoms with Gasteiger partial charge in [-0.2, -0.15) is 0 Å². The minimum atomic E-state index is -4.04. The molecule has 0 spiro atoms. The highest BCUT2D eigenvalue weighted by atomic mass is 32.2. The van der Waals surface area contributed by atoms with Gasteiger partial charge in [0.1, 0.15) is 5.75 Å². The smallest absolute Gasteiger partial charge is 0.316 e. The van der Waals surface area contributed by atoms with E-state index in [1.165, 1.54) is 17.0 Å². The van der Waals surface area contributed by atoms with Gasteiger partial charge >= 0.3 is 6.03 Å². The number of nitrogens with one attached hydrogen (secondary N) is 2. The Hall–Kier alpha value is -3.85. The Morgan fingerprint density at radius 3 is 2.42 bits per heavy atom. The van der Waals surface area contributed by atoms with Gasteiger partial charge in [-0.15, -0.1) is 0 Å². The van der Waals surface area contributed by atoms with E-state index in [0.29, 0.717) is 29.8 Å². The maximum atomic E-state index is 13.8. The molecule has 33 heavy (non-hydrogen) atoms. The molecule has 2 aliphatic heterocycles. The predicted molar refractivity (Wildman–Crippen MR) is 122 cm³/mol. The summed E-state index contributed by atoms with van der Waals surface area (Å²) < 4.78 is 27.6. The summed E-state index contributed by atoms with van der Waals surface area (Å²) in [7, 11) is -4.04. The van der Waals surface area contributed by atoms with Gasteiger partial charge in [-0.3, -0.25) is 4.79 Å². The molecule has 9 heteroatoms. The number of phenols is 1. The fourth-order valence-corrected chi connectivity index (χ4v) is 6.32. The van der Waals surface area contributed by atoms with Crippen LogP contribution in [0.1, 0.15) is 21.5 Å². The quantitative estimate of drug-likeness (QED) is 0.550. The zero-order valence-corrected chi connectivity index (χ0v) is 18.3. The van der Waals surface area contributed by atoms with Crippen molar-refractivity contribution < 1.29 is 23.1 Å². The van der Waals surface area contributed by atoms with Crippen LogP contribution in [0.3, 0.4) is 0 Å². The second kappa shape index (κ2) is 7.63. The van der Waals surface area contributed by atoms with Crippen LogP contribution in [0.15, 0.2) is 77.7 Å². The molecule has 0 bridgehead atoms. The van der Waals surface area contributed by atoms with Crippen molar-refractivity contribution in [2.24, 2.45) is 0 Å². The van der Waals surface area contributed by atoms with Gasteiger partial charge in [-0.1, -0.05) is 42.5 Å². The molecule has 3 aromatic rings. The van der Waals surface area contributed by atoms with Crippen molar-refractivity contribution in [3.05, 3.63) is 89.5 Å². The van der Waals surface area contributed by atoms with Crippen molar-refractivity contribution in [2.45, 2.75) is 16.2 Å². The summed E-state index contributed by atoms with van der Waals surface area (Å²) in [4.78, 5) is 25.0. The van der Waals surface area contributed by atoms with E-state index in [2.05, 4.69) is 10.6 Å². The third-order valence-corrected chi connectivity index (χ3v) is 8.42. The van der Waals surface area contributed by atoms with Crippen molar-refractivity contribution in [2.75, 3.05) is 18.0 Å². The number of carbonyl (C=O) groups excluding carboxylic acids is 2. The molecule has 3 aromatic carbocycles. The minimum absolute atomic E-state index is 0.0611. The number of phenolic OH excluding ortho intramolecular Hbond substituents is 1. The molecular weight excluding hydrogens is 442 g/mol. The Kier molecular flexibility index (Phi) is 4.86. The summed E-state index contributed by atoms with van der Waals surface area (Å²) in [5, 5.41) is 15.2. The fraction of sp³-hybridized carbons (Fsp3) is 0.167. The summed E-state index contributed by atoms with van der Waals surface area (Å²) >= 11 is 0. The molecule has 0 saturated carbocycles. The number of fused-ring (bicyclic) bond motifs is 1. The Morgan fingerprint density at radius 2 is 1.73 bits per heavy atom. The Morgan fingerprint density at radius 1 is 1.00 bits per heavy atom. The van der Waals surface area contributed by atoms with Crippen molar-refractivity contribution in [1.29, 1.82) is 0 Å². The number of amides is 3. The first-order chi connectivity index (χ1) is 15.8. The van der Waals surface area contributed by atoms with Crippen molar-refractivity contribution in [1.82, 2.24) is 10.6 Å². The molecule has 1 saturated heterocycles. The normalized spacial score (nSPS) is 19.6. The molecule has 168 valence electrons. The summed E-state index contributed by atoms with van der Waals surface area (Å²) in [5.41, 5.74) is 1.95. The van der Waals surface area contributed by atoms with Gasteiger partial charge in [0.2, 0.25) is 9.84 Å². The van der Waals surface area contributed by atoms with Gasteiger partial charge in [0.05, 0.1) is 17.0 Å². The first-order valence-electron chi connectivity index (χ1n) is 10.4. The van der Waals surface area contributed by atoms with Crippen LogP contribution in [0.5, 0.6) is 5.75 Å². The first kappa shape index (κ1) is 21.0. The van der Waals surface area contributed by atoms with Crippen LogP contribution in [-0.4, -0.2) is 38.6 Å². The van der Waals surface area contributed by atoms with E-state index in [9.17, 15) is 23.1 Å². The third-order valence-electron chi connectivity index (χ3n) is 6.15. The van der Waals surface area contributed by atoms with Gasteiger partial charge < -0.3 is 20.6 Å². The van der Waals surface area contributed by atoms with E-state index in [1.54, 1.807) is 60.7 Å². The number of urea groups is 1. The van der Waals surface area contributed by atoms with E-state index in [0.717, 1.165) is 0 Å². The zero-order valence-electron chi connectivity index (χ0n) is 17.5. The van der Waals surface area contributed by atoms with Gasteiger partial charge in [-0.05, 0) is 47.9 Å². The molecule has 5 rings (SSSR count). The average Bonchev–Trinajstić information content (AvgIpc) is 3.44. The van der Waals surface area contributed by atoms with E-state index in [1.807, 2.05) is 0 Å². The molecular formula is C24H21N3O5S. The second-order valence-electron chi connectivity index (χ2n) is 8.02. The number of hydrogen-bond acceptors (Lipinski definition) is 5. The molecule has 2 aliphatic rings. The molecule has 1 atom stereocenters. The van der Waals surface area contributed by atoms with Gasteiger partial charge in [0.15, 0.2) is 4.87 Å². The number of rotatable bonds is 4. The van der Waals surface area contributed by atoms with Crippen molar-refractivity contribution in [3.63, 3.8) is 0 Å². The standard InChI is InChI=1S/C24H21N3O5S/c28-21-9-5-4-8-19(21)22(29)27-13-12-16-14-18(10-11-20(16)27)33(31,32)24(15-25-23(30)26-24)17-6-2-1-3-7-17/h1-11,14,28H,12-13,15H2,(H2,25,26,30). The number of aromatic hydroxyl groups is 1. The van der Waals surface area contributed by atoms with E-state index < -0.39 is 20.7 Å². The highest BCUT2D eigenvalue weighted by Gasteiger charge is 2.51. The molecule has 1 fully saturated rings. The van der Waals surface area contributed by atoms with Gasteiger partial charge in [0, 0.05) is 12.2 Å². The number of para-hydroxylation sites is 1. The molecule has 0 aliphatic carbocycles. The Balaban J connectivity index is 1.54. The number of benzene rings is 3. The van der Waals surface area contributed by atoms with Crippen LogP contribution in [-0.2, 0) is 21.1 Å². The Bertz CT molecular complexity index is 1370. The molecule has 3 amide bonds. The minimum Gasteiger partial charge on any atom is -0.507 e. The van der Waals surface area contributed by atoms with Crippen LogP contribution in [0.4, 0.5) is 10.5 Å². The van der Waals surface area contributed by atoms with Crippen molar-refractivity contribution in [3.8, 4) is 5.75 Å². The number of sulfone groups is 1. The lowest BCUT2D eigenvalue weighted by atomic mass is 10.1. The summed E-state index contributed by atoms with van der Waals surface area (Å²) in [5.74, 6) is -0.458. The van der Waals surface area contributed by atoms with Gasteiger partial charge in [0.25, 0.3) is 5.91 Å². The molecule has 0 aromatic heterocycles. The topological polar surface area (TPSA) is 116 Å². The van der Waals surface area contributed by atoms with Crippen LogP contribution < -0.4 is 15.5 Å². The second-order valence-corrected chi connectivity index (χ2v) is 10.2. The molecule has 2 heterocycles. The molecule has 8 nitrogen and oxygen atoms in total. The highest BCUT2D eigenvalue weighted by Crippen LogP contribution is 2.38. The van der Waals surface area contributed by atoms with E-state index in [4.69, 9.17) is 0 Å². The fourth-order valence-electron chi connectivity index (χ4n) is 4.43. The zero-order chi connectivity index (χ0) is 23.2. The van der Waals surface area contributed by atoms with Crippen LogP contribution in [0.25, 0.3) is 0 Å². The van der Waals surface area contributed by atoms with E-state index in [-0.39, 0.29) is 28.7 Å². The van der Waals surface area contributed by atoms with Crippen LogP contribution in [0.2, 0.25) is 0 Å². The number of hydrogen-bond donors (Lipinski definition) is 3. The van der Waals surface area contributed by atoms with E-state index >= 15 is 0 Å². The SMILES string of the molecule is O=C1NCC(c2ccccc2)(S(=O)(=O)c2ccc3c(c2)CCN3C(=O)c2ccccc2O)N1. The molecule has 3 N–H and O–H groups in total. The lowest BCUT2D eigenvalue weighted by Gasteiger charge is -2.28. The van der Waals surface area contributed by atoms with Crippen LogP contribution in [0, 0.1) is 0 Å². The first-order valence-corrected chi connectivity index (χ1v) is 11.9.